The zero-order valence-corrected chi connectivity index (χ0v) is 23.5. The van der Waals surface area contributed by atoms with Crippen molar-refractivity contribution in [1.82, 2.24) is 4.98 Å². The molecule has 1 aliphatic rings. The van der Waals surface area contributed by atoms with Crippen LogP contribution < -0.4 is 4.74 Å². The lowest BCUT2D eigenvalue weighted by Gasteiger charge is -2.29. The monoisotopic (exact) mass is 491 g/mol. The summed E-state index contributed by atoms with van der Waals surface area (Å²) >= 11 is 0. The van der Waals surface area contributed by atoms with Gasteiger partial charge in [0, 0.05) is 5.56 Å². The second kappa shape index (κ2) is 17.6. The highest BCUT2D eigenvalue weighted by molar-refractivity contribution is 5.60. The standard InChI is InChI=1S/C34H53NO/c1-3-5-7-9-11-13-15-27-36-33-25-26-34(35-28-33)32-23-21-31(22-24-32)30-19-17-29(18-20-30)16-14-12-10-8-6-4-2/h21-26,28-30H,3-20,27H2,1-2H3. The molecule has 0 saturated heterocycles. The quantitative estimate of drug-likeness (QED) is 0.193. The van der Waals surface area contributed by atoms with E-state index in [-0.39, 0.29) is 0 Å². The van der Waals surface area contributed by atoms with E-state index in [9.17, 15) is 0 Å². The molecule has 0 unspecified atom stereocenters. The molecule has 1 aromatic carbocycles. The fraction of sp³-hybridized carbons (Fsp3) is 0.676. The van der Waals surface area contributed by atoms with Crippen LogP contribution in [0.5, 0.6) is 5.75 Å². The Morgan fingerprint density at radius 2 is 1.28 bits per heavy atom. The van der Waals surface area contributed by atoms with Gasteiger partial charge in [-0.15, -0.1) is 0 Å². The summed E-state index contributed by atoms with van der Waals surface area (Å²) in [6.45, 7) is 5.37. The highest BCUT2D eigenvalue weighted by atomic mass is 16.5. The van der Waals surface area contributed by atoms with Crippen molar-refractivity contribution in [3.8, 4) is 17.0 Å². The van der Waals surface area contributed by atoms with Crippen LogP contribution in [0.15, 0.2) is 42.6 Å². The predicted octanol–water partition coefficient (Wildman–Crippen LogP) is 10.9. The van der Waals surface area contributed by atoms with E-state index in [0.717, 1.165) is 36.3 Å². The van der Waals surface area contributed by atoms with Crippen LogP contribution in [-0.4, -0.2) is 11.6 Å². The molecule has 1 saturated carbocycles. The molecule has 1 aromatic heterocycles. The summed E-state index contributed by atoms with van der Waals surface area (Å²) in [5.41, 5.74) is 3.76. The number of aromatic nitrogens is 1. The van der Waals surface area contributed by atoms with E-state index < -0.39 is 0 Å². The van der Waals surface area contributed by atoms with Crippen LogP contribution in [0.4, 0.5) is 0 Å². The van der Waals surface area contributed by atoms with Crippen molar-refractivity contribution in [3.05, 3.63) is 48.2 Å². The van der Waals surface area contributed by atoms with Crippen molar-refractivity contribution in [2.24, 2.45) is 5.92 Å². The minimum atomic E-state index is 0.746. The molecule has 1 fully saturated rings. The van der Waals surface area contributed by atoms with Crippen molar-refractivity contribution in [3.63, 3.8) is 0 Å². The molecule has 2 heteroatoms. The third-order valence-electron chi connectivity index (χ3n) is 8.24. The Morgan fingerprint density at radius 1 is 0.667 bits per heavy atom. The Kier molecular flexibility index (Phi) is 14.0. The van der Waals surface area contributed by atoms with Gasteiger partial charge in [0.05, 0.1) is 18.5 Å². The molecule has 0 radical (unpaired) electrons. The average Bonchev–Trinajstić information content (AvgIpc) is 2.93. The molecule has 0 spiro atoms. The topological polar surface area (TPSA) is 22.1 Å². The summed E-state index contributed by atoms with van der Waals surface area (Å²) in [5, 5.41) is 0. The highest BCUT2D eigenvalue weighted by Gasteiger charge is 2.22. The van der Waals surface area contributed by atoms with E-state index in [1.54, 1.807) is 0 Å². The van der Waals surface area contributed by atoms with Crippen molar-refractivity contribution in [2.75, 3.05) is 6.61 Å². The van der Waals surface area contributed by atoms with Crippen molar-refractivity contribution in [2.45, 2.75) is 135 Å². The van der Waals surface area contributed by atoms with Gasteiger partial charge in [0.25, 0.3) is 0 Å². The molecule has 1 heterocycles. The zero-order valence-electron chi connectivity index (χ0n) is 23.5. The molecule has 3 rings (SSSR count). The third-order valence-corrected chi connectivity index (χ3v) is 8.24. The van der Waals surface area contributed by atoms with E-state index in [1.165, 1.54) is 120 Å². The molecule has 1 aliphatic carbocycles. The average molecular weight is 492 g/mol. The lowest BCUT2D eigenvalue weighted by molar-refractivity contribution is 0.302. The largest absolute Gasteiger partial charge is 0.492 e. The fourth-order valence-electron chi connectivity index (χ4n) is 5.81. The van der Waals surface area contributed by atoms with Gasteiger partial charge in [-0.1, -0.05) is 122 Å². The van der Waals surface area contributed by atoms with Gasteiger partial charge in [-0.05, 0) is 61.6 Å². The molecule has 0 aliphatic heterocycles. The van der Waals surface area contributed by atoms with Crippen LogP contribution in [0.2, 0.25) is 0 Å². The molecule has 36 heavy (non-hydrogen) atoms. The Labute approximate surface area is 222 Å². The maximum Gasteiger partial charge on any atom is 0.137 e. The predicted molar refractivity (Wildman–Crippen MR) is 156 cm³/mol. The number of ether oxygens (including phenoxy) is 1. The Balaban J connectivity index is 1.33. The lowest BCUT2D eigenvalue weighted by Crippen LogP contribution is -2.13. The van der Waals surface area contributed by atoms with Gasteiger partial charge in [-0.25, -0.2) is 0 Å². The van der Waals surface area contributed by atoms with Gasteiger partial charge in [-0.3, -0.25) is 4.98 Å². The molecule has 0 amide bonds. The van der Waals surface area contributed by atoms with Gasteiger partial charge in [0.1, 0.15) is 5.75 Å². The van der Waals surface area contributed by atoms with Gasteiger partial charge < -0.3 is 4.74 Å². The smallest absolute Gasteiger partial charge is 0.137 e. The first kappa shape index (κ1) is 28.7. The molecule has 200 valence electrons. The van der Waals surface area contributed by atoms with Gasteiger partial charge in [-0.2, -0.15) is 0 Å². The second-order valence-electron chi connectivity index (χ2n) is 11.2. The van der Waals surface area contributed by atoms with Crippen LogP contribution >= 0.6 is 0 Å². The molecule has 0 N–H and O–H groups in total. The number of rotatable bonds is 18. The Morgan fingerprint density at radius 3 is 1.89 bits per heavy atom. The number of nitrogens with zero attached hydrogens (tertiary/aromatic N) is 1. The van der Waals surface area contributed by atoms with E-state index in [0.29, 0.717) is 0 Å². The molecular formula is C34H53NO. The second-order valence-corrected chi connectivity index (χ2v) is 11.2. The van der Waals surface area contributed by atoms with E-state index >= 15 is 0 Å². The van der Waals surface area contributed by atoms with E-state index in [2.05, 4.69) is 55.2 Å². The minimum absolute atomic E-state index is 0.746. The van der Waals surface area contributed by atoms with Gasteiger partial charge in [0.2, 0.25) is 0 Å². The maximum atomic E-state index is 5.92. The Bertz CT molecular complexity index is 789. The number of benzene rings is 1. The van der Waals surface area contributed by atoms with Crippen LogP contribution in [0, 0.1) is 5.92 Å². The normalized spacial score (nSPS) is 17.8. The zero-order chi connectivity index (χ0) is 25.3. The fourth-order valence-corrected chi connectivity index (χ4v) is 5.81. The van der Waals surface area contributed by atoms with Crippen LogP contribution in [0.3, 0.4) is 0 Å². The summed E-state index contributed by atoms with van der Waals surface area (Å²) in [7, 11) is 0. The summed E-state index contributed by atoms with van der Waals surface area (Å²) in [6.07, 6.45) is 26.6. The summed E-state index contributed by atoms with van der Waals surface area (Å²) in [5.74, 6) is 2.61. The molecule has 0 atom stereocenters. The highest BCUT2D eigenvalue weighted by Crippen LogP contribution is 2.38. The van der Waals surface area contributed by atoms with E-state index in [1.807, 2.05) is 6.20 Å². The lowest BCUT2D eigenvalue weighted by atomic mass is 9.77. The number of unbranched alkanes of at least 4 members (excludes halogenated alkanes) is 11. The van der Waals surface area contributed by atoms with Gasteiger partial charge in [0.15, 0.2) is 0 Å². The van der Waals surface area contributed by atoms with Crippen molar-refractivity contribution < 1.29 is 4.74 Å². The summed E-state index contributed by atoms with van der Waals surface area (Å²) < 4.78 is 5.92. The van der Waals surface area contributed by atoms with E-state index in [4.69, 9.17) is 4.74 Å². The third kappa shape index (κ3) is 10.7. The van der Waals surface area contributed by atoms with Crippen LogP contribution in [0.25, 0.3) is 11.3 Å². The van der Waals surface area contributed by atoms with Crippen molar-refractivity contribution >= 4 is 0 Å². The first-order valence-electron chi connectivity index (χ1n) is 15.5. The molecule has 2 nitrogen and oxygen atoms in total. The first-order chi connectivity index (χ1) is 17.8. The number of pyridine rings is 1. The van der Waals surface area contributed by atoms with Crippen molar-refractivity contribution in [1.29, 1.82) is 0 Å². The van der Waals surface area contributed by atoms with Gasteiger partial charge >= 0.3 is 0 Å². The molecular weight excluding hydrogens is 438 g/mol. The first-order valence-corrected chi connectivity index (χ1v) is 15.5. The SMILES string of the molecule is CCCCCCCCCOc1ccc(-c2ccc(C3CCC(CCCCCCCC)CC3)cc2)nc1. The van der Waals surface area contributed by atoms with Crippen LogP contribution in [-0.2, 0) is 0 Å². The maximum absolute atomic E-state index is 5.92. The molecule has 2 aromatic rings. The Hall–Kier alpha value is -1.83. The number of hydrogen-bond acceptors (Lipinski definition) is 2. The number of hydrogen-bond donors (Lipinski definition) is 0. The molecule has 0 bridgehead atoms. The summed E-state index contributed by atoms with van der Waals surface area (Å²) in [4.78, 5) is 4.68. The summed E-state index contributed by atoms with van der Waals surface area (Å²) in [6, 6.07) is 13.4. The van der Waals surface area contributed by atoms with Crippen LogP contribution in [0.1, 0.15) is 141 Å². The minimum Gasteiger partial charge on any atom is -0.492 e.